The Kier molecular flexibility index (Phi) is 5.35. The first-order valence-electron chi connectivity index (χ1n) is 9.68. The molecule has 1 saturated heterocycles. The number of halogens is 1. The molecule has 1 atom stereocenters. The number of rotatable bonds is 4. The summed E-state index contributed by atoms with van der Waals surface area (Å²) in [5.41, 5.74) is 0.227. The molecule has 3 nitrogen and oxygen atoms in total. The third-order valence-electron chi connectivity index (χ3n) is 6.27. The minimum atomic E-state index is -0.383. The van der Waals surface area contributed by atoms with Crippen molar-refractivity contribution in [3.63, 3.8) is 0 Å². The maximum absolute atomic E-state index is 14.1. The average molecular weight is 346 g/mol. The Morgan fingerprint density at radius 1 is 1.16 bits per heavy atom. The van der Waals surface area contributed by atoms with Crippen LogP contribution >= 0.6 is 0 Å². The molecule has 2 aliphatic rings. The normalized spacial score (nSPS) is 24.4. The van der Waals surface area contributed by atoms with Gasteiger partial charge in [-0.15, -0.1) is 0 Å². The van der Waals surface area contributed by atoms with Crippen LogP contribution in [0.5, 0.6) is 0 Å². The molecule has 1 unspecified atom stereocenters. The van der Waals surface area contributed by atoms with Gasteiger partial charge in [-0.2, -0.15) is 0 Å². The van der Waals surface area contributed by atoms with Gasteiger partial charge in [0, 0.05) is 37.5 Å². The highest BCUT2D eigenvalue weighted by Gasteiger charge is 2.49. The lowest BCUT2D eigenvalue weighted by Crippen LogP contribution is -2.39. The summed E-state index contributed by atoms with van der Waals surface area (Å²) < 4.78 is 14.1. The lowest BCUT2D eigenvalue weighted by molar-refractivity contribution is -0.137. The number of anilines is 1. The van der Waals surface area contributed by atoms with Crippen LogP contribution in [0, 0.1) is 17.2 Å². The van der Waals surface area contributed by atoms with Crippen LogP contribution in [0.25, 0.3) is 0 Å². The fourth-order valence-corrected chi connectivity index (χ4v) is 4.45. The monoisotopic (exact) mass is 346 g/mol. The maximum atomic E-state index is 14.1. The molecular formula is C21H31FN2O. The van der Waals surface area contributed by atoms with E-state index >= 15 is 0 Å². The summed E-state index contributed by atoms with van der Waals surface area (Å²) in [6, 6.07) is 7.27. The molecule has 1 heterocycles. The van der Waals surface area contributed by atoms with E-state index in [9.17, 15) is 9.18 Å². The predicted octanol–water partition coefficient (Wildman–Crippen LogP) is 4.47. The molecule has 0 bridgehead atoms. The molecule has 1 aromatic carbocycles. The van der Waals surface area contributed by atoms with Crippen LogP contribution in [0.3, 0.4) is 0 Å². The van der Waals surface area contributed by atoms with Crippen molar-refractivity contribution >= 4 is 11.6 Å². The van der Waals surface area contributed by atoms with E-state index in [2.05, 4.69) is 18.7 Å². The van der Waals surface area contributed by atoms with Gasteiger partial charge in [0.1, 0.15) is 5.82 Å². The number of hydrogen-bond acceptors (Lipinski definition) is 2. The van der Waals surface area contributed by atoms with Crippen LogP contribution in [0.4, 0.5) is 10.1 Å². The zero-order valence-electron chi connectivity index (χ0n) is 15.8. The van der Waals surface area contributed by atoms with Crippen molar-refractivity contribution in [3.8, 4) is 0 Å². The second-order valence-corrected chi connectivity index (χ2v) is 8.35. The topological polar surface area (TPSA) is 23.6 Å². The smallest absolute Gasteiger partial charge is 0.228 e. The van der Waals surface area contributed by atoms with Gasteiger partial charge >= 0.3 is 0 Å². The summed E-state index contributed by atoms with van der Waals surface area (Å²) in [5.74, 6) is 0.298. The van der Waals surface area contributed by atoms with Gasteiger partial charge in [0.25, 0.3) is 0 Å². The van der Waals surface area contributed by atoms with Gasteiger partial charge in [-0.1, -0.05) is 51.7 Å². The Hall–Kier alpha value is -1.58. The predicted molar refractivity (Wildman–Crippen MR) is 100 cm³/mol. The second-order valence-electron chi connectivity index (χ2n) is 8.35. The van der Waals surface area contributed by atoms with Gasteiger partial charge in [-0.05, 0) is 25.0 Å². The third kappa shape index (κ3) is 3.68. The number of carbonyl (C=O) groups excluding carboxylic acids is 1. The molecule has 2 fully saturated rings. The number of para-hydroxylation sites is 1. The summed E-state index contributed by atoms with van der Waals surface area (Å²) in [4.78, 5) is 17.2. The Morgan fingerprint density at radius 3 is 2.44 bits per heavy atom. The molecule has 0 radical (unpaired) electrons. The van der Waals surface area contributed by atoms with Gasteiger partial charge < -0.3 is 9.80 Å². The Morgan fingerprint density at radius 2 is 1.80 bits per heavy atom. The molecule has 1 aromatic rings. The fraction of sp³-hybridized carbons (Fsp3) is 0.667. The Labute approximate surface area is 151 Å². The van der Waals surface area contributed by atoms with Crippen molar-refractivity contribution in [1.82, 2.24) is 4.90 Å². The molecule has 3 rings (SSSR count). The van der Waals surface area contributed by atoms with Crippen LogP contribution in [0.1, 0.15) is 52.4 Å². The van der Waals surface area contributed by atoms with Crippen molar-refractivity contribution in [1.29, 1.82) is 0 Å². The lowest BCUT2D eigenvalue weighted by Gasteiger charge is -2.29. The molecule has 0 aromatic heterocycles. The van der Waals surface area contributed by atoms with Crippen LogP contribution < -0.4 is 4.90 Å². The molecule has 1 aliphatic carbocycles. The van der Waals surface area contributed by atoms with E-state index in [1.165, 1.54) is 31.7 Å². The van der Waals surface area contributed by atoms with E-state index in [1.807, 2.05) is 24.1 Å². The van der Waals surface area contributed by atoms with Crippen LogP contribution in [-0.4, -0.2) is 37.0 Å². The first-order valence-corrected chi connectivity index (χ1v) is 9.68. The largest absolute Gasteiger partial charge is 0.372 e. The summed E-state index contributed by atoms with van der Waals surface area (Å²) in [7, 11) is 1.92. The average Bonchev–Trinajstić information content (AvgIpc) is 2.79. The quantitative estimate of drug-likeness (QED) is 0.751. The third-order valence-corrected chi connectivity index (χ3v) is 6.27. The van der Waals surface area contributed by atoms with E-state index < -0.39 is 0 Å². The van der Waals surface area contributed by atoms with E-state index in [0.717, 1.165) is 19.4 Å². The van der Waals surface area contributed by atoms with E-state index in [1.54, 1.807) is 6.07 Å². The van der Waals surface area contributed by atoms with E-state index in [-0.39, 0.29) is 23.1 Å². The van der Waals surface area contributed by atoms with Crippen LogP contribution in [-0.2, 0) is 4.79 Å². The summed E-state index contributed by atoms with van der Waals surface area (Å²) in [5, 5.41) is 0. The lowest BCUT2D eigenvalue weighted by atomic mass is 9.81. The number of benzene rings is 1. The minimum Gasteiger partial charge on any atom is -0.372 e. The molecular weight excluding hydrogens is 315 g/mol. The molecule has 1 aliphatic heterocycles. The summed E-state index contributed by atoms with van der Waals surface area (Å²) >= 11 is 0. The van der Waals surface area contributed by atoms with Crippen molar-refractivity contribution in [2.24, 2.45) is 11.3 Å². The fourth-order valence-electron chi connectivity index (χ4n) is 4.45. The van der Waals surface area contributed by atoms with E-state index in [0.29, 0.717) is 18.3 Å². The number of likely N-dealkylation sites (tertiary alicyclic amines) is 1. The van der Waals surface area contributed by atoms with Gasteiger partial charge in [0.2, 0.25) is 5.91 Å². The second kappa shape index (κ2) is 7.35. The van der Waals surface area contributed by atoms with Crippen molar-refractivity contribution in [3.05, 3.63) is 30.1 Å². The summed E-state index contributed by atoms with van der Waals surface area (Å²) in [6.45, 7) is 5.62. The summed E-state index contributed by atoms with van der Waals surface area (Å²) in [6.07, 6.45) is 7.32. The van der Waals surface area contributed by atoms with Gasteiger partial charge in [-0.3, -0.25) is 4.79 Å². The van der Waals surface area contributed by atoms with Crippen molar-refractivity contribution in [2.75, 3.05) is 25.0 Å². The number of hydrogen-bond donors (Lipinski definition) is 0. The zero-order valence-corrected chi connectivity index (χ0v) is 15.8. The standard InChI is InChI=1S/C21H31FN2O/c1-21(2)16(14-23(3)19-13-9-8-12-18(19)22)15-24(20(21)25)17-10-6-4-5-7-11-17/h8-9,12-13,16-17H,4-7,10-11,14-15H2,1-3H3. The van der Waals surface area contributed by atoms with Gasteiger partial charge in [-0.25, -0.2) is 4.39 Å². The van der Waals surface area contributed by atoms with Crippen molar-refractivity contribution < 1.29 is 9.18 Å². The minimum absolute atomic E-state index is 0.201. The number of carbonyl (C=O) groups is 1. The SMILES string of the molecule is CN(CC1CN(C2CCCCCC2)C(=O)C1(C)C)c1ccccc1F. The Bertz CT molecular complexity index is 608. The Balaban J connectivity index is 1.73. The molecule has 0 N–H and O–H groups in total. The highest BCUT2D eigenvalue weighted by atomic mass is 19.1. The molecule has 4 heteroatoms. The number of nitrogens with zero attached hydrogens (tertiary/aromatic N) is 2. The number of amides is 1. The van der Waals surface area contributed by atoms with Crippen molar-refractivity contribution in [2.45, 2.75) is 58.4 Å². The maximum Gasteiger partial charge on any atom is 0.228 e. The first-order chi connectivity index (χ1) is 11.9. The van der Waals surface area contributed by atoms with Crippen LogP contribution in [0.15, 0.2) is 24.3 Å². The highest BCUT2D eigenvalue weighted by Crippen LogP contribution is 2.40. The van der Waals surface area contributed by atoms with E-state index in [4.69, 9.17) is 0 Å². The molecule has 1 saturated carbocycles. The first kappa shape index (κ1) is 18.2. The highest BCUT2D eigenvalue weighted by molar-refractivity contribution is 5.85. The van der Waals surface area contributed by atoms with Crippen LogP contribution in [0.2, 0.25) is 0 Å². The molecule has 0 spiro atoms. The van der Waals surface area contributed by atoms with Gasteiger partial charge in [0.15, 0.2) is 0 Å². The molecule has 138 valence electrons. The van der Waals surface area contributed by atoms with Gasteiger partial charge in [0.05, 0.1) is 5.69 Å². The zero-order chi connectivity index (χ0) is 18.0. The molecule has 1 amide bonds. The molecule has 25 heavy (non-hydrogen) atoms.